The van der Waals surface area contributed by atoms with Crippen LogP contribution in [0.4, 0.5) is 0 Å². The van der Waals surface area contributed by atoms with Gasteiger partial charge in [0, 0.05) is 13.7 Å². The summed E-state index contributed by atoms with van der Waals surface area (Å²) in [6.45, 7) is 2.77. The number of carboxylic acids is 1. The highest BCUT2D eigenvalue weighted by atomic mass is 35.5. The van der Waals surface area contributed by atoms with Crippen molar-refractivity contribution in [3.05, 3.63) is 0 Å². The summed E-state index contributed by atoms with van der Waals surface area (Å²) in [4.78, 5) is 12.4. The van der Waals surface area contributed by atoms with Crippen molar-refractivity contribution in [2.24, 2.45) is 5.92 Å². The Bertz CT molecular complexity index is 169. The number of aliphatic carboxylic acids is 1. The van der Waals surface area contributed by atoms with Crippen LogP contribution in [-0.2, 0) is 9.53 Å². The topological polar surface area (TPSA) is 49.8 Å². The van der Waals surface area contributed by atoms with Gasteiger partial charge in [-0.2, -0.15) is 0 Å². The van der Waals surface area contributed by atoms with Gasteiger partial charge in [0.15, 0.2) is 0 Å². The molecule has 1 heterocycles. The summed E-state index contributed by atoms with van der Waals surface area (Å²) in [7, 11) is 1.71. The van der Waals surface area contributed by atoms with Crippen LogP contribution < -0.4 is 0 Å². The van der Waals surface area contributed by atoms with Crippen molar-refractivity contribution in [2.75, 3.05) is 33.4 Å². The molecule has 0 spiro atoms. The van der Waals surface area contributed by atoms with E-state index in [2.05, 4.69) is 0 Å². The zero-order valence-corrected chi connectivity index (χ0v) is 9.26. The number of likely N-dealkylation sites (tertiary alicyclic amines) is 1. The maximum atomic E-state index is 10.4. The largest absolute Gasteiger partial charge is 0.480 e. The molecule has 4 nitrogen and oxygen atoms in total. The summed E-state index contributed by atoms with van der Waals surface area (Å²) < 4.78 is 5.06. The van der Waals surface area contributed by atoms with E-state index in [-0.39, 0.29) is 19.0 Å². The van der Waals surface area contributed by atoms with Crippen LogP contribution in [0.2, 0.25) is 0 Å². The van der Waals surface area contributed by atoms with Crippen LogP contribution in [0.1, 0.15) is 12.8 Å². The molecule has 0 aromatic carbocycles. The van der Waals surface area contributed by atoms with Gasteiger partial charge in [0.25, 0.3) is 0 Å². The predicted octanol–water partition coefficient (Wildman–Crippen LogP) is 0.851. The minimum atomic E-state index is -0.731. The molecular formula is C9H18ClNO3. The standard InChI is InChI=1S/C9H17NO3.ClH/c1-13-7-8-2-4-10(5-3-8)6-9(11)12;/h8H,2-7H2,1H3,(H,11,12);1H. The van der Waals surface area contributed by atoms with Crippen LogP contribution in [0.3, 0.4) is 0 Å². The Balaban J connectivity index is 0.00000169. The Kier molecular flexibility index (Phi) is 6.87. The van der Waals surface area contributed by atoms with Gasteiger partial charge in [-0.15, -0.1) is 12.4 Å². The molecule has 0 atom stereocenters. The lowest BCUT2D eigenvalue weighted by molar-refractivity contribution is -0.138. The Morgan fingerprint density at radius 3 is 2.50 bits per heavy atom. The molecule has 1 aliphatic heterocycles. The van der Waals surface area contributed by atoms with Gasteiger partial charge in [-0.3, -0.25) is 9.69 Å². The maximum Gasteiger partial charge on any atom is 0.317 e. The van der Waals surface area contributed by atoms with Crippen molar-refractivity contribution < 1.29 is 14.6 Å². The Morgan fingerprint density at radius 2 is 2.07 bits per heavy atom. The summed E-state index contributed by atoms with van der Waals surface area (Å²) in [5, 5.41) is 8.57. The molecule has 0 radical (unpaired) electrons. The van der Waals surface area contributed by atoms with Crippen LogP contribution in [-0.4, -0.2) is 49.3 Å². The molecule has 0 aromatic rings. The minimum Gasteiger partial charge on any atom is -0.480 e. The highest BCUT2D eigenvalue weighted by molar-refractivity contribution is 5.85. The third-order valence-corrected chi connectivity index (χ3v) is 2.47. The summed E-state index contributed by atoms with van der Waals surface area (Å²) in [5.41, 5.74) is 0. The lowest BCUT2D eigenvalue weighted by atomic mass is 9.98. The fourth-order valence-electron chi connectivity index (χ4n) is 1.74. The van der Waals surface area contributed by atoms with Crippen LogP contribution in [0.5, 0.6) is 0 Å². The molecule has 0 aromatic heterocycles. The van der Waals surface area contributed by atoms with E-state index in [9.17, 15) is 4.79 Å². The number of carbonyl (C=O) groups is 1. The first-order chi connectivity index (χ1) is 6.22. The molecule has 1 N–H and O–H groups in total. The van der Waals surface area contributed by atoms with Crippen molar-refractivity contribution in [2.45, 2.75) is 12.8 Å². The Labute approximate surface area is 90.6 Å². The van der Waals surface area contributed by atoms with Gasteiger partial charge in [0.1, 0.15) is 0 Å². The highest BCUT2D eigenvalue weighted by Crippen LogP contribution is 2.16. The SMILES string of the molecule is COCC1CCN(CC(=O)O)CC1.Cl. The van der Waals surface area contributed by atoms with Crippen molar-refractivity contribution in [3.63, 3.8) is 0 Å². The number of methoxy groups -OCH3 is 1. The third-order valence-electron chi connectivity index (χ3n) is 2.47. The molecule has 0 unspecified atom stereocenters. The van der Waals surface area contributed by atoms with E-state index < -0.39 is 5.97 Å². The van der Waals surface area contributed by atoms with E-state index in [0.29, 0.717) is 5.92 Å². The molecule has 0 amide bonds. The molecule has 0 aliphatic carbocycles. The monoisotopic (exact) mass is 223 g/mol. The lowest BCUT2D eigenvalue weighted by Gasteiger charge is -2.30. The number of carboxylic acid groups (broad SMARTS) is 1. The van der Waals surface area contributed by atoms with Gasteiger partial charge >= 0.3 is 5.97 Å². The molecule has 1 fully saturated rings. The molecule has 14 heavy (non-hydrogen) atoms. The van der Waals surface area contributed by atoms with E-state index >= 15 is 0 Å². The second-order valence-corrected chi connectivity index (χ2v) is 3.57. The van der Waals surface area contributed by atoms with E-state index in [4.69, 9.17) is 9.84 Å². The van der Waals surface area contributed by atoms with Gasteiger partial charge in [-0.05, 0) is 31.8 Å². The zero-order chi connectivity index (χ0) is 9.68. The average Bonchev–Trinajstić information content (AvgIpc) is 2.08. The number of halogens is 1. The Morgan fingerprint density at radius 1 is 1.50 bits per heavy atom. The number of ether oxygens (including phenoxy) is 1. The van der Waals surface area contributed by atoms with Gasteiger partial charge in [0.2, 0.25) is 0 Å². The Hall–Kier alpha value is -0.320. The van der Waals surface area contributed by atoms with Gasteiger partial charge in [-0.25, -0.2) is 0 Å². The summed E-state index contributed by atoms with van der Waals surface area (Å²) in [5.74, 6) is -0.111. The second kappa shape index (κ2) is 7.04. The van der Waals surface area contributed by atoms with Gasteiger partial charge in [0.05, 0.1) is 6.54 Å². The molecule has 1 rings (SSSR count). The van der Waals surface area contributed by atoms with Crippen molar-refractivity contribution in [1.82, 2.24) is 4.90 Å². The first-order valence-corrected chi connectivity index (χ1v) is 4.65. The maximum absolute atomic E-state index is 10.4. The summed E-state index contributed by atoms with van der Waals surface area (Å²) >= 11 is 0. The normalized spacial score (nSPS) is 18.9. The molecule has 1 saturated heterocycles. The van der Waals surface area contributed by atoms with Crippen molar-refractivity contribution >= 4 is 18.4 Å². The summed E-state index contributed by atoms with van der Waals surface area (Å²) in [6, 6.07) is 0. The third kappa shape index (κ3) is 4.79. The van der Waals surface area contributed by atoms with E-state index in [0.717, 1.165) is 32.5 Å². The fourth-order valence-corrected chi connectivity index (χ4v) is 1.74. The van der Waals surface area contributed by atoms with E-state index in [1.807, 2.05) is 4.90 Å². The summed E-state index contributed by atoms with van der Waals surface area (Å²) in [6.07, 6.45) is 2.11. The molecule has 5 heteroatoms. The molecule has 84 valence electrons. The number of nitrogens with zero attached hydrogens (tertiary/aromatic N) is 1. The first kappa shape index (κ1) is 13.7. The molecule has 1 aliphatic rings. The predicted molar refractivity (Wildman–Crippen MR) is 55.9 cm³/mol. The number of piperidine rings is 1. The second-order valence-electron chi connectivity index (χ2n) is 3.57. The smallest absolute Gasteiger partial charge is 0.317 e. The zero-order valence-electron chi connectivity index (χ0n) is 8.44. The van der Waals surface area contributed by atoms with Crippen LogP contribution >= 0.6 is 12.4 Å². The van der Waals surface area contributed by atoms with Crippen LogP contribution in [0.25, 0.3) is 0 Å². The van der Waals surface area contributed by atoms with E-state index in [1.54, 1.807) is 7.11 Å². The van der Waals surface area contributed by atoms with Crippen molar-refractivity contribution in [3.8, 4) is 0 Å². The number of hydrogen-bond donors (Lipinski definition) is 1. The molecule has 0 saturated carbocycles. The first-order valence-electron chi connectivity index (χ1n) is 4.65. The number of hydrogen-bond acceptors (Lipinski definition) is 3. The molecule has 0 bridgehead atoms. The average molecular weight is 224 g/mol. The quantitative estimate of drug-likeness (QED) is 0.768. The fraction of sp³-hybridized carbons (Fsp3) is 0.889. The lowest BCUT2D eigenvalue weighted by Crippen LogP contribution is -2.38. The van der Waals surface area contributed by atoms with E-state index in [1.165, 1.54) is 0 Å². The van der Waals surface area contributed by atoms with Crippen LogP contribution in [0.15, 0.2) is 0 Å². The van der Waals surface area contributed by atoms with Gasteiger partial charge in [-0.1, -0.05) is 0 Å². The minimum absolute atomic E-state index is 0. The highest BCUT2D eigenvalue weighted by Gasteiger charge is 2.19. The number of rotatable bonds is 4. The van der Waals surface area contributed by atoms with Gasteiger partial charge < -0.3 is 9.84 Å². The molecular weight excluding hydrogens is 206 g/mol. The van der Waals surface area contributed by atoms with Crippen molar-refractivity contribution in [1.29, 1.82) is 0 Å². The van der Waals surface area contributed by atoms with Crippen LogP contribution in [0, 0.1) is 5.92 Å².